The first-order chi connectivity index (χ1) is 15.2. The number of hydrogen-bond acceptors (Lipinski definition) is 5. The number of anilines is 2. The van der Waals surface area contributed by atoms with E-state index < -0.39 is 11.7 Å². The average molecular weight is 463 g/mol. The number of aliphatic hydroxyl groups excluding tert-OH is 1. The quantitative estimate of drug-likeness (QED) is 0.475. The third kappa shape index (κ3) is 5.00. The number of halogens is 3. The van der Waals surface area contributed by atoms with Gasteiger partial charge in [0.05, 0.1) is 11.8 Å². The van der Waals surface area contributed by atoms with E-state index >= 15 is 0 Å². The number of nitrogens with zero attached hydrogens (tertiary/aromatic N) is 2. The Morgan fingerprint density at radius 2 is 2.00 bits per heavy atom. The minimum Gasteiger partial charge on any atom is -0.420 e. The van der Waals surface area contributed by atoms with Gasteiger partial charge in [0.2, 0.25) is 0 Å². The van der Waals surface area contributed by atoms with Crippen LogP contribution in [0.1, 0.15) is 17.3 Å². The Balaban J connectivity index is 1.56. The Morgan fingerprint density at radius 3 is 2.59 bits per heavy atom. The largest absolute Gasteiger partial charge is 0.487 e. The molecule has 1 fully saturated rings. The zero-order chi connectivity index (χ0) is 22.9. The molecule has 0 bridgehead atoms. The lowest BCUT2D eigenvalue weighted by molar-refractivity contribution is -0.0964. The van der Waals surface area contributed by atoms with Gasteiger partial charge in [0, 0.05) is 59.3 Å². The lowest BCUT2D eigenvalue weighted by atomic mass is 10.0. The number of aromatic amines is 1. The van der Waals surface area contributed by atoms with Crippen molar-refractivity contribution < 1.29 is 23.4 Å². The van der Waals surface area contributed by atoms with Gasteiger partial charge in [-0.25, -0.2) is 0 Å². The van der Waals surface area contributed by atoms with Gasteiger partial charge < -0.3 is 20.1 Å². The summed E-state index contributed by atoms with van der Waals surface area (Å²) in [5.41, 5.74) is -0.587. The van der Waals surface area contributed by atoms with Crippen LogP contribution < -0.4 is 15.0 Å². The fourth-order valence-corrected chi connectivity index (χ4v) is 3.75. The smallest absolute Gasteiger partial charge is 0.420 e. The van der Waals surface area contributed by atoms with Crippen molar-refractivity contribution in [2.45, 2.75) is 18.6 Å². The first-order valence-electron chi connectivity index (χ1n) is 9.93. The number of H-pyrrole nitrogens is 1. The zero-order valence-electron chi connectivity index (χ0n) is 17.1. The minimum absolute atomic E-state index is 0.129. The number of carbonyl (C=O) groups excluding carboxylic acids is 1. The number of alkyl halides is 3. The van der Waals surface area contributed by atoms with Gasteiger partial charge in [-0.2, -0.15) is 5.10 Å². The maximum Gasteiger partial charge on any atom is 0.487 e. The van der Waals surface area contributed by atoms with Crippen molar-refractivity contribution in [3.63, 3.8) is 0 Å². The van der Waals surface area contributed by atoms with E-state index in [9.17, 15) is 18.7 Å². The van der Waals surface area contributed by atoms with E-state index in [4.69, 9.17) is 11.6 Å². The van der Waals surface area contributed by atoms with Crippen molar-refractivity contribution in [3.8, 4) is 17.0 Å². The number of amides is 1. The summed E-state index contributed by atoms with van der Waals surface area (Å²) in [5.74, 6) is -0.363. The predicted molar refractivity (Wildman–Crippen MR) is 117 cm³/mol. The van der Waals surface area contributed by atoms with Crippen LogP contribution in [-0.2, 0) is 0 Å². The molecule has 3 N–H and O–H groups in total. The topological polar surface area (TPSA) is 90.5 Å². The van der Waals surface area contributed by atoms with Crippen LogP contribution >= 0.6 is 11.6 Å². The van der Waals surface area contributed by atoms with Gasteiger partial charge in [0.15, 0.2) is 0 Å². The Hall–Kier alpha value is -3.17. The van der Waals surface area contributed by atoms with E-state index in [-0.39, 0.29) is 17.6 Å². The number of carbonyl (C=O) groups is 1. The molecule has 0 spiro atoms. The Morgan fingerprint density at radius 1 is 1.25 bits per heavy atom. The molecule has 7 nitrogen and oxygen atoms in total. The Bertz CT molecular complexity index is 1080. The molecule has 2 heterocycles. The number of aliphatic hydroxyl groups is 1. The number of benzene rings is 2. The van der Waals surface area contributed by atoms with E-state index in [1.165, 1.54) is 24.3 Å². The second-order valence-corrected chi connectivity index (χ2v) is 8.12. The summed E-state index contributed by atoms with van der Waals surface area (Å²) in [6.07, 6.45) is 1.21. The first kappa shape index (κ1) is 22.0. The number of hydrogen-bond donors (Lipinski definition) is 3. The predicted octanol–water partition coefficient (Wildman–Crippen LogP) is 4.31. The van der Waals surface area contributed by atoms with Crippen molar-refractivity contribution in [2.75, 3.05) is 23.3 Å². The van der Waals surface area contributed by atoms with E-state index in [2.05, 4.69) is 25.2 Å². The fraction of sp³-hybridized carbons (Fsp3) is 0.273. The van der Waals surface area contributed by atoms with Gasteiger partial charge in [-0.05, 0) is 48.5 Å². The number of β-amino-alcohol motifs (C(OH)–C–C–N with tert-alkyl or cyclic N) is 1. The van der Waals surface area contributed by atoms with Gasteiger partial charge in [0.1, 0.15) is 5.75 Å². The molecule has 0 aliphatic carbocycles. The summed E-state index contributed by atoms with van der Waals surface area (Å²) in [4.78, 5) is 14.9. The molecule has 32 heavy (non-hydrogen) atoms. The highest BCUT2D eigenvalue weighted by Gasteiger charge is 2.30. The second-order valence-electron chi connectivity index (χ2n) is 7.68. The number of rotatable bonds is 6. The summed E-state index contributed by atoms with van der Waals surface area (Å²) < 4.78 is 29.7. The van der Waals surface area contributed by atoms with Gasteiger partial charge in [-0.1, -0.05) is 6.92 Å². The molecule has 168 valence electrons. The minimum atomic E-state index is -3.81. The van der Waals surface area contributed by atoms with Crippen LogP contribution in [0.4, 0.5) is 20.2 Å². The summed E-state index contributed by atoms with van der Waals surface area (Å²) >= 11 is 4.76. The van der Waals surface area contributed by atoms with Crippen LogP contribution in [-0.4, -0.2) is 46.0 Å². The SMILES string of the molecule is C[C@H]1CN(c2ccc(C(=O)Nc3ccc(OC(F)(F)Cl)cc3)cc2-c2ccn[nH]2)C[C@@H]1O. The van der Waals surface area contributed by atoms with E-state index in [0.717, 1.165) is 16.9 Å². The molecule has 0 unspecified atom stereocenters. The van der Waals surface area contributed by atoms with Crippen LogP contribution in [0.3, 0.4) is 0 Å². The molecule has 1 aromatic heterocycles. The number of ether oxygens (including phenoxy) is 1. The monoisotopic (exact) mass is 462 g/mol. The van der Waals surface area contributed by atoms with Crippen LogP contribution in [0, 0.1) is 5.92 Å². The van der Waals surface area contributed by atoms with Crippen molar-refractivity contribution >= 4 is 28.9 Å². The lowest BCUT2D eigenvalue weighted by Crippen LogP contribution is -2.22. The first-order valence-corrected chi connectivity index (χ1v) is 10.3. The maximum absolute atomic E-state index is 12.8. The van der Waals surface area contributed by atoms with Gasteiger partial charge in [0.25, 0.3) is 5.91 Å². The van der Waals surface area contributed by atoms with E-state index in [0.29, 0.717) is 24.3 Å². The lowest BCUT2D eigenvalue weighted by Gasteiger charge is -2.22. The second kappa shape index (κ2) is 8.76. The van der Waals surface area contributed by atoms with Crippen molar-refractivity contribution in [1.29, 1.82) is 0 Å². The van der Waals surface area contributed by atoms with Gasteiger partial charge in [-0.15, -0.1) is 8.78 Å². The average Bonchev–Trinajstić information content (AvgIpc) is 3.38. The van der Waals surface area contributed by atoms with Crippen LogP contribution in [0.25, 0.3) is 11.3 Å². The standard InChI is InChI=1S/C22H21ClF2N4O3/c1-13-11-29(12-20(13)30)19-7-2-14(10-17(19)18-8-9-26-28-18)21(31)27-15-3-5-16(6-4-15)32-22(23,24)25/h2-10,13,20,30H,11-12H2,1H3,(H,26,28)(H,27,31)/t13-,20-/m0/s1. The molecule has 2 atom stereocenters. The zero-order valence-corrected chi connectivity index (χ0v) is 17.8. The fourth-order valence-electron chi connectivity index (χ4n) is 3.66. The number of nitrogens with one attached hydrogen (secondary N) is 2. The Labute approximate surface area is 188 Å². The molecule has 1 saturated heterocycles. The molecule has 1 amide bonds. The molecule has 4 rings (SSSR count). The molecular weight excluding hydrogens is 442 g/mol. The van der Waals surface area contributed by atoms with E-state index in [1.807, 2.05) is 19.1 Å². The molecule has 0 saturated carbocycles. The van der Waals surface area contributed by atoms with Crippen molar-refractivity contribution in [3.05, 3.63) is 60.3 Å². The molecule has 3 aromatic rings. The molecule has 1 aliphatic rings. The normalized spacial score (nSPS) is 18.6. The third-order valence-corrected chi connectivity index (χ3v) is 5.39. The maximum atomic E-state index is 12.8. The van der Waals surface area contributed by atoms with Gasteiger partial charge >= 0.3 is 5.57 Å². The summed E-state index contributed by atoms with van der Waals surface area (Å²) in [6.45, 7) is 3.19. The molecule has 10 heteroatoms. The summed E-state index contributed by atoms with van der Waals surface area (Å²) in [6, 6.07) is 12.5. The highest BCUT2D eigenvalue weighted by atomic mass is 35.5. The number of aromatic nitrogens is 2. The molecule has 0 radical (unpaired) electrons. The molecule has 2 aromatic carbocycles. The van der Waals surface area contributed by atoms with Crippen LogP contribution in [0.2, 0.25) is 0 Å². The Kier molecular flexibility index (Phi) is 6.03. The summed E-state index contributed by atoms with van der Waals surface area (Å²) in [7, 11) is 0. The van der Waals surface area contributed by atoms with Crippen LogP contribution in [0.5, 0.6) is 5.75 Å². The van der Waals surface area contributed by atoms with Crippen molar-refractivity contribution in [1.82, 2.24) is 10.2 Å². The highest BCUT2D eigenvalue weighted by Crippen LogP contribution is 2.34. The summed E-state index contributed by atoms with van der Waals surface area (Å²) in [5, 5.41) is 19.8. The third-order valence-electron chi connectivity index (χ3n) is 5.31. The molecular formula is C22H21ClF2N4O3. The van der Waals surface area contributed by atoms with Gasteiger partial charge in [-0.3, -0.25) is 9.89 Å². The van der Waals surface area contributed by atoms with Crippen molar-refractivity contribution in [2.24, 2.45) is 5.92 Å². The van der Waals surface area contributed by atoms with E-state index in [1.54, 1.807) is 18.3 Å². The highest BCUT2D eigenvalue weighted by molar-refractivity contribution is 6.20. The molecule has 1 aliphatic heterocycles. The van der Waals surface area contributed by atoms with Crippen LogP contribution in [0.15, 0.2) is 54.7 Å².